The van der Waals surface area contributed by atoms with Crippen molar-refractivity contribution < 1.29 is 0 Å². The van der Waals surface area contributed by atoms with Crippen LogP contribution in [0.15, 0.2) is 34.5 Å². The van der Waals surface area contributed by atoms with Crippen molar-refractivity contribution in [1.82, 2.24) is 16.0 Å². The predicted octanol–water partition coefficient (Wildman–Crippen LogP) is 8.56. The Hall–Kier alpha value is -0.950. The van der Waals surface area contributed by atoms with E-state index in [1.165, 1.54) is 74.9 Å². The van der Waals surface area contributed by atoms with Crippen LogP contribution in [-0.4, -0.2) is 19.6 Å². The minimum Gasteiger partial charge on any atom is -0.388 e. The Bertz CT molecular complexity index is 425. The van der Waals surface area contributed by atoms with Crippen LogP contribution in [0.25, 0.3) is 0 Å². The zero-order chi connectivity index (χ0) is 23.2. The van der Waals surface area contributed by atoms with Crippen LogP contribution >= 0.6 is 7.92 Å². The van der Waals surface area contributed by atoms with Crippen LogP contribution in [0.3, 0.4) is 0 Å². The molecular weight excluding hydrogens is 397 g/mol. The molecule has 0 spiro atoms. The van der Waals surface area contributed by atoms with Crippen molar-refractivity contribution in [2.45, 2.75) is 119 Å². The van der Waals surface area contributed by atoms with Crippen LogP contribution in [0, 0.1) is 0 Å². The highest BCUT2D eigenvalue weighted by molar-refractivity contribution is 7.67. The molecule has 0 aromatic heterocycles. The fraction of sp³-hybridized carbons (Fsp3) is 0.778. The maximum absolute atomic E-state index is 3.75. The molecule has 0 aliphatic carbocycles. The molecular formula is C27H54N3P. The van der Waals surface area contributed by atoms with Gasteiger partial charge >= 0.3 is 0 Å². The standard InChI is InChI=1S/C27H54N3P/c1-7-13-19-28-25(16-10-4)22-31(23-26(17-11-5)29-20-14-8-2)24-27(18-12-6)30-21-15-9-3/h22-24,28-30H,7-21H2,1-6H3. The summed E-state index contributed by atoms with van der Waals surface area (Å²) in [5.41, 5.74) is 4.30. The lowest BCUT2D eigenvalue weighted by Crippen LogP contribution is -2.16. The molecule has 0 aliphatic rings. The third-order valence-corrected chi connectivity index (χ3v) is 6.95. The third kappa shape index (κ3) is 17.3. The zero-order valence-electron chi connectivity index (χ0n) is 21.8. The van der Waals surface area contributed by atoms with Gasteiger partial charge in [-0.25, -0.2) is 0 Å². The molecule has 0 saturated heterocycles. The molecule has 0 amide bonds. The molecule has 0 aliphatic heterocycles. The van der Waals surface area contributed by atoms with E-state index in [2.05, 4.69) is 74.9 Å². The van der Waals surface area contributed by atoms with E-state index < -0.39 is 7.92 Å². The molecule has 0 heterocycles. The normalized spacial score (nSPS) is 13.9. The molecule has 0 atom stereocenters. The topological polar surface area (TPSA) is 36.1 Å². The molecule has 3 N–H and O–H groups in total. The van der Waals surface area contributed by atoms with Crippen LogP contribution < -0.4 is 16.0 Å². The average molecular weight is 452 g/mol. The zero-order valence-corrected chi connectivity index (χ0v) is 22.7. The highest BCUT2D eigenvalue weighted by Crippen LogP contribution is 2.44. The van der Waals surface area contributed by atoms with Crippen LogP contribution in [0.4, 0.5) is 0 Å². The molecule has 0 unspecified atom stereocenters. The molecule has 31 heavy (non-hydrogen) atoms. The molecule has 3 nitrogen and oxygen atoms in total. The molecule has 0 radical (unpaired) electrons. The van der Waals surface area contributed by atoms with E-state index in [-0.39, 0.29) is 0 Å². The van der Waals surface area contributed by atoms with Gasteiger partial charge in [-0.2, -0.15) is 0 Å². The summed E-state index contributed by atoms with van der Waals surface area (Å²) in [5, 5.41) is 11.2. The van der Waals surface area contributed by atoms with E-state index >= 15 is 0 Å². The van der Waals surface area contributed by atoms with Crippen molar-refractivity contribution in [1.29, 1.82) is 0 Å². The van der Waals surface area contributed by atoms with Crippen LogP contribution in [0.2, 0.25) is 0 Å². The Balaban J connectivity index is 5.81. The van der Waals surface area contributed by atoms with E-state index in [9.17, 15) is 0 Å². The van der Waals surface area contributed by atoms with Gasteiger partial charge in [0.2, 0.25) is 0 Å². The van der Waals surface area contributed by atoms with E-state index in [0.717, 1.165) is 38.9 Å². The van der Waals surface area contributed by atoms with Crippen molar-refractivity contribution in [3.63, 3.8) is 0 Å². The number of hydrogen-bond donors (Lipinski definition) is 3. The Morgan fingerprint density at radius 2 is 0.774 bits per heavy atom. The summed E-state index contributed by atoms with van der Waals surface area (Å²) < 4.78 is 0. The molecule has 0 bridgehead atoms. The van der Waals surface area contributed by atoms with Crippen molar-refractivity contribution in [2.24, 2.45) is 0 Å². The van der Waals surface area contributed by atoms with Crippen molar-refractivity contribution >= 4 is 7.92 Å². The second-order valence-electron chi connectivity index (χ2n) is 8.50. The molecule has 0 fully saturated rings. The van der Waals surface area contributed by atoms with Gasteiger partial charge in [-0.15, -0.1) is 0 Å². The van der Waals surface area contributed by atoms with Gasteiger partial charge in [-0.3, -0.25) is 0 Å². The molecule has 0 aromatic rings. The van der Waals surface area contributed by atoms with Crippen LogP contribution in [0.5, 0.6) is 0 Å². The smallest absolute Gasteiger partial charge is 0.0143 e. The summed E-state index contributed by atoms with van der Waals surface area (Å²) in [4.78, 5) is 0. The quantitative estimate of drug-likeness (QED) is 0.121. The largest absolute Gasteiger partial charge is 0.388 e. The Morgan fingerprint density at radius 1 is 0.484 bits per heavy atom. The maximum Gasteiger partial charge on any atom is 0.0143 e. The average Bonchev–Trinajstić information content (AvgIpc) is 2.74. The highest BCUT2D eigenvalue weighted by Gasteiger charge is 2.07. The van der Waals surface area contributed by atoms with E-state index in [1.54, 1.807) is 0 Å². The second-order valence-corrected chi connectivity index (χ2v) is 10.2. The lowest BCUT2D eigenvalue weighted by Gasteiger charge is -2.18. The number of unbranched alkanes of at least 4 members (excludes halogenated alkanes) is 3. The molecule has 4 heteroatoms. The molecule has 0 rings (SSSR count). The molecule has 182 valence electrons. The van der Waals surface area contributed by atoms with Gasteiger partial charge in [0.25, 0.3) is 0 Å². The van der Waals surface area contributed by atoms with Gasteiger partial charge in [-0.1, -0.05) is 80.1 Å². The first-order chi connectivity index (χ1) is 15.1. The van der Waals surface area contributed by atoms with Crippen molar-refractivity contribution in [2.75, 3.05) is 19.6 Å². The van der Waals surface area contributed by atoms with Gasteiger partial charge in [0, 0.05) is 36.7 Å². The number of allylic oxidation sites excluding steroid dienone is 3. The first-order valence-corrected chi connectivity index (χ1v) is 14.8. The van der Waals surface area contributed by atoms with E-state index in [1.807, 2.05) is 0 Å². The SMILES string of the molecule is CCCCNC(=CP(C=C(CCC)NCCCC)C=C(CCC)NCCCC)CCC. The lowest BCUT2D eigenvalue weighted by atomic mass is 10.2. The van der Waals surface area contributed by atoms with E-state index in [0.29, 0.717) is 0 Å². The fourth-order valence-corrected chi connectivity index (χ4v) is 5.30. The summed E-state index contributed by atoms with van der Waals surface area (Å²) in [5.74, 6) is 7.63. The van der Waals surface area contributed by atoms with Crippen LogP contribution in [-0.2, 0) is 0 Å². The fourth-order valence-electron chi connectivity index (χ4n) is 3.33. The van der Waals surface area contributed by atoms with Gasteiger partial charge in [0.05, 0.1) is 0 Å². The minimum absolute atomic E-state index is 0.449. The first-order valence-electron chi connectivity index (χ1n) is 13.3. The monoisotopic (exact) mass is 451 g/mol. The minimum atomic E-state index is -0.449. The Morgan fingerprint density at radius 3 is 1.00 bits per heavy atom. The second kappa shape index (κ2) is 22.3. The predicted molar refractivity (Wildman–Crippen MR) is 145 cm³/mol. The number of nitrogens with one attached hydrogen (secondary N) is 3. The lowest BCUT2D eigenvalue weighted by molar-refractivity contribution is 0.678. The third-order valence-electron chi connectivity index (χ3n) is 5.12. The van der Waals surface area contributed by atoms with Gasteiger partial charge < -0.3 is 16.0 Å². The summed E-state index contributed by atoms with van der Waals surface area (Å²) >= 11 is 0. The molecule has 0 aromatic carbocycles. The van der Waals surface area contributed by atoms with E-state index in [4.69, 9.17) is 0 Å². The Labute approximate surface area is 196 Å². The van der Waals surface area contributed by atoms with Crippen LogP contribution in [0.1, 0.15) is 119 Å². The number of hydrogen-bond acceptors (Lipinski definition) is 3. The highest BCUT2D eigenvalue weighted by atomic mass is 31.1. The van der Waals surface area contributed by atoms with Gasteiger partial charge in [-0.05, 0) is 63.9 Å². The molecule has 0 saturated carbocycles. The first kappa shape index (κ1) is 30.0. The summed E-state index contributed by atoms with van der Waals surface area (Å²) in [6, 6.07) is 0. The van der Waals surface area contributed by atoms with Gasteiger partial charge in [0.15, 0.2) is 0 Å². The Kier molecular flexibility index (Phi) is 21.6. The number of rotatable bonds is 21. The van der Waals surface area contributed by atoms with Crippen molar-refractivity contribution in [3.8, 4) is 0 Å². The maximum atomic E-state index is 3.75. The van der Waals surface area contributed by atoms with Gasteiger partial charge in [0.1, 0.15) is 0 Å². The summed E-state index contributed by atoms with van der Waals surface area (Å²) in [7, 11) is -0.449. The van der Waals surface area contributed by atoms with Crippen molar-refractivity contribution in [3.05, 3.63) is 34.5 Å². The summed E-state index contributed by atoms with van der Waals surface area (Å²) in [6.45, 7) is 16.9. The summed E-state index contributed by atoms with van der Waals surface area (Å²) in [6.07, 6.45) is 14.4.